The van der Waals surface area contributed by atoms with Gasteiger partial charge in [-0.2, -0.15) is 5.26 Å². The summed E-state index contributed by atoms with van der Waals surface area (Å²) in [5.41, 5.74) is 2.10. The number of rotatable bonds is 4. The topological polar surface area (TPSA) is 86.3 Å². The zero-order valence-electron chi connectivity index (χ0n) is 17.0. The molecule has 2 rings (SSSR count). The van der Waals surface area contributed by atoms with Crippen LogP contribution in [0.2, 0.25) is 10.3 Å². The van der Waals surface area contributed by atoms with E-state index in [1.807, 2.05) is 38.6 Å². The molecule has 0 saturated heterocycles. The smallest absolute Gasteiger partial charge is 0.182 e. The van der Waals surface area contributed by atoms with Crippen LogP contribution in [-0.4, -0.2) is 41.2 Å². The van der Waals surface area contributed by atoms with E-state index < -0.39 is 0 Å². The number of halogens is 2. The maximum Gasteiger partial charge on any atom is 0.182 e. The number of aromatic nitrogens is 2. The highest BCUT2D eigenvalue weighted by molar-refractivity contribution is 8.13. The van der Waals surface area contributed by atoms with Gasteiger partial charge in [0.1, 0.15) is 16.1 Å². The third-order valence-electron chi connectivity index (χ3n) is 4.14. The summed E-state index contributed by atoms with van der Waals surface area (Å²) in [7, 11) is 3.45. The highest BCUT2D eigenvalue weighted by Gasteiger charge is 2.12. The molecule has 0 amide bonds. The molecule has 0 aliphatic heterocycles. The van der Waals surface area contributed by atoms with Crippen molar-refractivity contribution in [3.63, 3.8) is 0 Å². The van der Waals surface area contributed by atoms with Crippen LogP contribution >= 0.6 is 35.0 Å². The molecule has 2 atom stereocenters. The summed E-state index contributed by atoms with van der Waals surface area (Å²) in [6.07, 6.45) is 7.36. The van der Waals surface area contributed by atoms with Gasteiger partial charge in [0.05, 0.1) is 5.04 Å². The lowest BCUT2D eigenvalue weighted by Gasteiger charge is -2.12. The van der Waals surface area contributed by atoms with Gasteiger partial charge in [0.2, 0.25) is 0 Å². The number of hydrogen-bond acceptors (Lipinski definition) is 6. The van der Waals surface area contributed by atoms with Gasteiger partial charge in [0.25, 0.3) is 0 Å². The Morgan fingerprint density at radius 3 is 1.77 bits per heavy atom. The zero-order valence-corrected chi connectivity index (χ0v) is 19.3. The number of nitrogens with zero attached hydrogens (tertiary/aromatic N) is 5. The molecule has 31 heavy (non-hydrogen) atoms. The van der Waals surface area contributed by atoms with Gasteiger partial charge < -0.3 is 0 Å². The van der Waals surface area contributed by atoms with Gasteiger partial charge in [-0.05, 0) is 29.5 Å². The fourth-order valence-corrected chi connectivity index (χ4v) is 3.36. The van der Waals surface area contributed by atoms with Gasteiger partial charge in [0, 0.05) is 38.3 Å². The Hall–Kier alpha value is -2.14. The number of aliphatic imine (C=N–C) groups is 2. The normalized spacial score (nSPS) is 12.7. The first-order valence-electron chi connectivity index (χ1n) is 8.73. The number of nitriles is 1. The van der Waals surface area contributed by atoms with Gasteiger partial charge in [-0.1, -0.05) is 64.0 Å². The van der Waals surface area contributed by atoms with Gasteiger partial charge in [-0.25, -0.2) is 9.97 Å². The summed E-state index contributed by atoms with van der Waals surface area (Å²) >= 11 is 13.1. The third kappa shape index (κ3) is 10.1. The maximum absolute atomic E-state index is 8.53. The highest BCUT2D eigenvalue weighted by Crippen LogP contribution is 2.22. The average Bonchev–Trinajstić information content (AvgIpc) is 2.74. The van der Waals surface area contributed by atoms with Crippen LogP contribution in [0.3, 0.4) is 0 Å². The second-order valence-electron chi connectivity index (χ2n) is 5.88. The number of amidine groups is 1. The van der Waals surface area contributed by atoms with Crippen molar-refractivity contribution in [3.05, 3.63) is 58.1 Å². The number of thioether (sulfide) groups is 1. The predicted molar refractivity (Wildman–Crippen MR) is 138 cm³/mol. The fourth-order valence-electron chi connectivity index (χ4n) is 2.46. The first kappa shape index (κ1) is 31.0. The van der Waals surface area contributed by atoms with Gasteiger partial charge in [-0.15, -0.1) is 11.8 Å². The molecule has 2 aromatic heterocycles. The second kappa shape index (κ2) is 16.5. The van der Waals surface area contributed by atoms with Crippen LogP contribution in [0.5, 0.6) is 0 Å². The largest absolute Gasteiger partial charge is 0.286 e. The Balaban J connectivity index is 0. The van der Waals surface area contributed by atoms with E-state index in [2.05, 4.69) is 32.2 Å². The van der Waals surface area contributed by atoms with E-state index in [4.69, 9.17) is 28.5 Å². The summed E-state index contributed by atoms with van der Waals surface area (Å²) in [5, 5.41) is 13.2. The molecule has 2 unspecified atom stereocenters. The molecular formula is C22H32Cl2N6S. The summed E-state index contributed by atoms with van der Waals surface area (Å²) < 4.78 is 0. The molecule has 0 aromatic carbocycles. The molecule has 0 spiro atoms. The molecule has 0 aliphatic carbocycles. The fraction of sp³-hybridized carbons (Fsp3) is 0.409. The first-order chi connectivity index (χ1) is 13.9. The van der Waals surface area contributed by atoms with Crippen molar-refractivity contribution < 1.29 is 0 Å². The van der Waals surface area contributed by atoms with Crippen LogP contribution in [0, 0.1) is 11.5 Å². The quantitative estimate of drug-likeness (QED) is 0.178. The predicted octanol–water partition coefficient (Wildman–Crippen LogP) is 6.44. The molecule has 1 N–H and O–H groups in total. The lowest BCUT2D eigenvalue weighted by Crippen LogP contribution is -2.24. The number of pyridine rings is 2. The molecule has 0 fully saturated rings. The first-order valence-corrected chi connectivity index (χ1v) is 10.7. The van der Waals surface area contributed by atoms with Crippen molar-refractivity contribution in [1.82, 2.24) is 15.3 Å². The Bertz CT molecular complexity index is 861. The van der Waals surface area contributed by atoms with Crippen molar-refractivity contribution in [1.29, 1.82) is 5.26 Å². The van der Waals surface area contributed by atoms with Gasteiger partial charge in [-0.3, -0.25) is 15.3 Å². The monoisotopic (exact) mass is 482 g/mol. The van der Waals surface area contributed by atoms with Crippen LogP contribution in [0.4, 0.5) is 0 Å². The minimum Gasteiger partial charge on any atom is -0.286 e. The summed E-state index contributed by atoms with van der Waals surface area (Å²) in [6.45, 7) is 4.06. The minimum absolute atomic E-state index is 0. The molecule has 170 valence electrons. The molecule has 0 radical (unpaired) electrons. The van der Waals surface area contributed by atoms with E-state index in [1.54, 1.807) is 43.3 Å². The van der Waals surface area contributed by atoms with Crippen molar-refractivity contribution in [2.24, 2.45) is 9.98 Å². The van der Waals surface area contributed by atoms with Crippen molar-refractivity contribution >= 4 is 45.8 Å². The molecule has 2 heterocycles. The standard InChI is InChI=1S/C10H11ClN4.C10H13ClN2S.2CH4/c1-7(10(13-2)15-6-12)8-3-4-9(11)14-5-8;1-7(10(12-2)14-3)8-4-5-9(11)13-6-8;;/h3-5,7H,1-2H3,(H,13,15);4-7H,1-3H3;2*1H4. The SMILES string of the molecule is C.C.CN=C(NC#N)C(C)c1ccc(Cl)nc1.CN=C(SC)C(C)c1ccc(Cl)nc1. The third-order valence-corrected chi connectivity index (χ3v) is 5.54. The van der Waals surface area contributed by atoms with Crippen LogP contribution in [0.25, 0.3) is 0 Å². The molecule has 9 heteroatoms. The minimum atomic E-state index is -0.000540. The average molecular weight is 484 g/mol. The van der Waals surface area contributed by atoms with Crippen molar-refractivity contribution in [2.45, 2.75) is 40.5 Å². The van der Waals surface area contributed by atoms with Crippen molar-refractivity contribution in [3.8, 4) is 6.19 Å². The summed E-state index contributed by atoms with van der Waals surface area (Å²) in [4.78, 5) is 16.3. The zero-order chi connectivity index (χ0) is 21.8. The van der Waals surface area contributed by atoms with Crippen LogP contribution < -0.4 is 5.32 Å². The van der Waals surface area contributed by atoms with E-state index in [9.17, 15) is 0 Å². The Kier molecular flexibility index (Phi) is 16.6. The van der Waals surface area contributed by atoms with E-state index in [0.717, 1.165) is 16.2 Å². The number of hydrogen-bond donors (Lipinski definition) is 1. The molecule has 0 bridgehead atoms. The number of nitrogens with one attached hydrogen (secondary N) is 1. The summed E-state index contributed by atoms with van der Waals surface area (Å²) in [6, 6.07) is 7.37. The molecule has 6 nitrogen and oxygen atoms in total. The molecule has 0 aliphatic rings. The van der Waals surface area contributed by atoms with Crippen LogP contribution in [0.15, 0.2) is 46.6 Å². The Morgan fingerprint density at radius 1 is 0.968 bits per heavy atom. The van der Waals surface area contributed by atoms with E-state index in [1.165, 1.54) is 0 Å². The molecule has 0 saturated carbocycles. The van der Waals surface area contributed by atoms with E-state index in [-0.39, 0.29) is 20.8 Å². The van der Waals surface area contributed by atoms with Crippen LogP contribution in [-0.2, 0) is 0 Å². The van der Waals surface area contributed by atoms with E-state index in [0.29, 0.717) is 22.1 Å². The molecule has 2 aromatic rings. The summed E-state index contributed by atoms with van der Waals surface area (Å²) in [5.74, 6) is 0.904. The highest BCUT2D eigenvalue weighted by atomic mass is 35.5. The van der Waals surface area contributed by atoms with Gasteiger partial charge >= 0.3 is 0 Å². The lowest BCUT2D eigenvalue weighted by atomic mass is 10.0. The second-order valence-corrected chi connectivity index (χ2v) is 7.48. The Labute approximate surface area is 201 Å². The van der Waals surface area contributed by atoms with Crippen molar-refractivity contribution in [2.75, 3.05) is 20.4 Å². The van der Waals surface area contributed by atoms with E-state index >= 15 is 0 Å². The van der Waals surface area contributed by atoms with Gasteiger partial charge in [0.15, 0.2) is 6.19 Å². The lowest BCUT2D eigenvalue weighted by molar-refractivity contribution is 0.951. The van der Waals surface area contributed by atoms with Crippen LogP contribution in [0.1, 0.15) is 51.7 Å². The molecular weight excluding hydrogens is 451 g/mol. The Morgan fingerprint density at radius 2 is 1.45 bits per heavy atom. The maximum atomic E-state index is 8.53.